The highest BCUT2D eigenvalue weighted by Crippen LogP contribution is 2.21. The molecule has 1 aliphatic carbocycles. The maximum atomic E-state index is 10.9. The van der Waals surface area contributed by atoms with Gasteiger partial charge in [0.25, 0.3) is 10.1 Å². The van der Waals surface area contributed by atoms with E-state index in [9.17, 15) is 16.8 Å². The topological polar surface area (TPSA) is 115 Å². The highest BCUT2D eigenvalue weighted by Gasteiger charge is 2.21. The molecule has 0 radical (unpaired) electrons. The zero-order chi connectivity index (χ0) is 12.8. The molecule has 0 heterocycles. The highest BCUT2D eigenvalue weighted by molar-refractivity contribution is 7.89. The second kappa shape index (κ2) is 6.53. The number of sulfonamides is 1. The Morgan fingerprint density at radius 2 is 1.31 bits per heavy atom. The van der Waals surface area contributed by atoms with Gasteiger partial charge in [0.1, 0.15) is 0 Å². The third-order valence-corrected chi connectivity index (χ3v) is 3.67. The van der Waals surface area contributed by atoms with Crippen LogP contribution in [0.5, 0.6) is 0 Å². The van der Waals surface area contributed by atoms with Crippen molar-refractivity contribution in [1.29, 1.82) is 0 Å². The largest absolute Gasteiger partial charge is 0.286 e. The lowest BCUT2D eigenvalue weighted by molar-refractivity contribution is 0.490. The summed E-state index contributed by atoms with van der Waals surface area (Å²) in [5, 5.41) is 4.79. The molecule has 0 aliphatic heterocycles. The summed E-state index contributed by atoms with van der Waals surface area (Å²) in [6.07, 6.45) is 6.59. The van der Waals surface area contributed by atoms with Crippen molar-refractivity contribution in [3.8, 4) is 0 Å². The van der Waals surface area contributed by atoms with E-state index in [1.165, 1.54) is 0 Å². The number of hydrogen-bond donors (Lipinski definition) is 2. The summed E-state index contributed by atoms with van der Waals surface area (Å²) >= 11 is 0. The van der Waals surface area contributed by atoms with Crippen molar-refractivity contribution in [2.75, 3.05) is 6.26 Å². The Labute approximate surface area is 97.0 Å². The summed E-state index contributed by atoms with van der Waals surface area (Å²) in [4.78, 5) is 0. The number of primary sulfonamides is 1. The van der Waals surface area contributed by atoms with Gasteiger partial charge in [0.2, 0.25) is 10.0 Å². The van der Waals surface area contributed by atoms with Gasteiger partial charge in [-0.2, -0.15) is 8.42 Å². The van der Waals surface area contributed by atoms with Crippen LogP contribution in [0, 0.1) is 0 Å². The molecule has 98 valence electrons. The normalized spacial score (nSPS) is 19.4. The molecule has 0 unspecified atom stereocenters. The summed E-state index contributed by atoms with van der Waals surface area (Å²) in [6, 6.07) is 0. The Balaban J connectivity index is 0.000000385. The van der Waals surface area contributed by atoms with Gasteiger partial charge in [-0.3, -0.25) is 4.55 Å². The summed E-state index contributed by atoms with van der Waals surface area (Å²) in [5.74, 6) is 0. The number of nitrogens with two attached hydrogens (primary N) is 1. The van der Waals surface area contributed by atoms with E-state index in [1.807, 2.05) is 0 Å². The summed E-state index contributed by atoms with van der Waals surface area (Å²) in [6.45, 7) is 0. The molecule has 8 heteroatoms. The van der Waals surface area contributed by atoms with E-state index in [4.69, 9.17) is 9.69 Å². The first kappa shape index (κ1) is 15.8. The van der Waals surface area contributed by atoms with E-state index < -0.39 is 20.1 Å². The van der Waals surface area contributed by atoms with Gasteiger partial charge in [-0.25, -0.2) is 13.6 Å². The van der Waals surface area contributed by atoms with Gasteiger partial charge >= 0.3 is 0 Å². The molecule has 0 atom stereocenters. The van der Waals surface area contributed by atoms with Crippen LogP contribution in [0.15, 0.2) is 0 Å². The van der Waals surface area contributed by atoms with Gasteiger partial charge < -0.3 is 0 Å². The van der Waals surface area contributed by atoms with Crippen LogP contribution >= 0.6 is 0 Å². The molecular weight excluding hydrogens is 254 g/mol. The van der Waals surface area contributed by atoms with Gasteiger partial charge in [0.15, 0.2) is 0 Å². The molecule has 1 rings (SSSR count). The third kappa shape index (κ3) is 10.3. The zero-order valence-electron chi connectivity index (χ0n) is 9.29. The predicted octanol–water partition coefficient (Wildman–Crippen LogP) is 0.502. The fraction of sp³-hybridized carbons (Fsp3) is 1.00. The summed E-state index contributed by atoms with van der Waals surface area (Å²) in [5.41, 5.74) is 0. The van der Waals surface area contributed by atoms with Crippen LogP contribution < -0.4 is 5.14 Å². The van der Waals surface area contributed by atoms with Crippen molar-refractivity contribution >= 4 is 20.1 Å². The molecule has 1 saturated carbocycles. The molecule has 0 amide bonds. The first-order valence-corrected chi connectivity index (χ1v) is 8.50. The van der Waals surface area contributed by atoms with Gasteiger partial charge in [-0.05, 0) is 12.8 Å². The number of hydrogen-bond acceptors (Lipinski definition) is 4. The van der Waals surface area contributed by atoms with Crippen molar-refractivity contribution in [2.24, 2.45) is 5.14 Å². The Bertz CT molecular complexity index is 371. The molecule has 1 aliphatic rings. The predicted molar refractivity (Wildman–Crippen MR) is 62.1 cm³/mol. The quantitative estimate of drug-likeness (QED) is 0.533. The van der Waals surface area contributed by atoms with Crippen LogP contribution in [0.1, 0.15) is 38.5 Å². The van der Waals surface area contributed by atoms with Crippen molar-refractivity contribution in [3.05, 3.63) is 0 Å². The average molecular weight is 273 g/mol. The fourth-order valence-electron chi connectivity index (χ4n) is 1.57. The van der Waals surface area contributed by atoms with Crippen molar-refractivity contribution < 1.29 is 21.4 Å². The zero-order valence-corrected chi connectivity index (χ0v) is 10.9. The first-order valence-electron chi connectivity index (χ1n) is 5.05. The summed E-state index contributed by atoms with van der Waals surface area (Å²) in [7, 11) is -6.92. The molecule has 0 spiro atoms. The molecule has 0 aromatic heterocycles. The molecule has 3 N–H and O–H groups in total. The lowest BCUT2D eigenvalue weighted by Crippen LogP contribution is -2.27. The standard InChI is InChI=1S/C7H15NO2S.CH4O3S/c8-11(9,10)7-5-3-1-2-4-6-7;1-5(2,3)4/h7H,1-6H2,(H2,8,9,10);1H3,(H,2,3,4). The fourth-order valence-corrected chi connectivity index (χ4v) is 2.56. The maximum Gasteiger partial charge on any atom is 0.261 e. The van der Waals surface area contributed by atoms with Crippen LogP contribution in [0.4, 0.5) is 0 Å². The molecule has 0 aromatic carbocycles. The van der Waals surface area contributed by atoms with Crippen LogP contribution in [0.2, 0.25) is 0 Å². The highest BCUT2D eigenvalue weighted by atomic mass is 32.2. The lowest BCUT2D eigenvalue weighted by atomic mass is 10.2. The second-order valence-electron chi connectivity index (χ2n) is 3.94. The molecule has 16 heavy (non-hydrogen) atoms. The van der Waals surface area contributed by atoms with Gasteiger partial charge in [0.05, 0.1) is 11.5 Å². The third-order valence-electron chi connectivity index (χ3n) is 2.27. The van der Waals surface area contributed by atoms with Gasteiger partial charge in [-0.1, -0.05) is 25.7 Å². The Morgan fingerprint density at radius 1 is 1.00 bits per heavy atom. The molecule has 1 fully saturated rings. The smallest absolute Gasteiger partial charge is 0.261 e. The molecule has 0 saturated heterocycles. The van der Waals surface area contributed by atoms with E-state index in [1.54, 1.807) is 0 Å². The van der Waals surface area contributed by atoms with E-state index in [0.717, 1.165) is 38.5 Å². The van der Waals surface area contributed by atoms with E-state index in [0.29, 0.717) is 6.26 Å². The van der Waals surface area contributed by atoms with Crippen LogP contribution in [-0.2, 0) is 20.1 Å². The lowest BCUT2D eigenvalue weighted by Gasteiger charge is -2.09. The van der Waals surface area contributed by atoms with Crippen LogP contribution in [-0.4, -0.2) is 32.9 Å². The average Bonchev–Trinajstić information content (AvgIpc) is 2.25. The second-order valence-corrected chi connectivity index (χ2v) is 7.25. The summed E-state index contributed by atoms with van der Waals surface area (Å²) < 4.78 is 47.7. The minimum absolute atomic E-state index is 0.259. The monoisotopic (exact) mass is 273 g/mol. The van der Waals surface area contributed by atoms with Crippen LogP contribution in [0.3, 0.4) is 0 Å². The van der Waals surface area contributed by atoms with E-state index in [-0.39, 0.29) is 5.25 Å². The molecule has 0 bridgehead atoms. The van der Waals surface area contributed by atoms with Gasteiger partial charge in [0, 0.05) is 0 Å². The van der Waals surface area contributed by atoms with E-state index in [2.05, 4.69) is 0 Å². The maximum absolute atomic E-state index is 10.9. The van der Waals surface area contributed by atoms with E-state index >= 15 is 0 Å². The first-order chi connectivity index (χ1) is 7.11. The minimum Gasteiger partial charge on any atom is -0.286 e. The molecular formula is C8H19NO5S2. The van der Waals surface area contributed by atoms with Crippen LogP contribution in [0.25, 0.3) is 0 Å². The van der Waals surface area contributed by atoms with Crippen molar-refractivity contribution in [2.45, 2.75) is 43.8 Å². The Kier molecular flexibility index (Phi) is 6.46. The SMILES string of the molecule is CS(=O)(=O)O.NS(=O)(=O)C1CCCCCC1. The molecule has 0 aromatic rings. The number of rotatable bonds is 1. The Morgan fingerprint density at radius 3 is 1.56 bits per heavy atom. The van der Waals surface area contributed by atoms with Crippen molar-refractivity contribution in [3.63, 3.8) is 0 Å². The minimum atomic E-state index is -3.67. The Hall–Kier alpha value is -0.180. The van der Waals surface area contributed by atoms with Gasteiger partial charge in [-0.15, -0.1) is 0 Å². The van der Waals surface area contributed by atoms with Crippen molar-refractivity contribution in [1.82, 2.24) is 0 Å². The molecule has 6 nitrogen and oxygen atoms in total.